The number of allylic oxidation sites excluding steroid dienone is 1. The van der Waals surface area contributed by atoms with Crippen LogP contribution in [-0.2, 0) is 11.3 Å². The third kappa shape index (κ3) is 4.61. The summed E-state index contributed by atoms with van der Waals surface area (Å²) in [7, 11) is 1.57. The summed E-state index contributed by atoms with van der Waals surface area (Å²) >= 11 is 1.34. The van der Waals surface area contributed by atoms with Gasteiger partial charge in [-0.3, -0.25) is 9.36 Å². The largest absolute Gasteiger partial charge is 0.495 e. The van der Waals surface area contributed by atoms with Crippen molar-refractivity contribution >= 4 is 23.4 Å². The van der Waals surface area contributed by atoms with Gasteiger partial charge in [0, 0.05) is 12.1 Å². The second kappa shape index (κ2) is 9.23. The van der Waals surface area contributed by atoms with Gasteiger partial charge in [-0.2, -0.15) is 0 Å². The zero-order chi connectivity index (χ0) is 19.9. The summed E-state index contributed by atoms with van der Waals surface area (Å²) < 4.78 is 7.22. The Morgan fingerprint density at radius 1 is 1.25 bits per heavy atom. The van der Waals surface area contributed by atoms with Crippen molar-refractivity contribution in [3.05, 3.63) is 66.7 Å². The minimum absolute atomic E-state index is 0.139. The molecule has 0 spiro atoms. The number of amides is 1. The molecule has 0 saturated carbocycles. The predicted octanol–water partition coefficient (Wildman–Crippen LogP) is 4.18. The summed E-state index contributed by atoms with van der Waals surface area (Å²) in [6.45, 7) is 6.42. The van der Waals surface area contributed by atoms with Crippen LogP contribution in [0.4, 0.5) is 5.69 Å². The molecule has 3 rings (SSSR count). The number of hydrogen-bond acceptors (Lipinski definition) is 5. The molecule has 0 aliphatic heterocycles. The second-order valence-corrected chi connectivity index (χ2v) is 7.05. The maximum atomic E-state index is 12.4. The first-order chi connectivity index (χ1) is 13.6. The number of nitrogens with one attached hydrogen (secondary N) is 1. The number of ether oxygens (including phenoxy) is 1. The van der Waals surface area contributed by atoms with Crippen LogP contribution in [0, 0.1) is 6.92 Å². The van der Waals surface area contributed by atoms with Gasteiger partial charge < -0.3 is 10.1 Å². The molecule has 0 radical (unpaired) electrons. The Labute approximate surface area is 168 Å². The Bertz CT molecular complexity index is 984. The smallest absolute Gasteiger partial charge is 0.234 e. The molecule has 28 heavy (non-hydrogen) atoms. The van der Waals surface area contributed by atoms with E-state index in [4.69, 9.17) is 4.74 Å². The van der Waals surface area contributed by atoms with Crippen molar-refractivity contribution in [3.63, 3.8) is 0 Å². The number of benzene rings is 2. The summed E-state index contributed by atoms with van der Waals surface area (Å²) in [4.78, 5) is 12.4. The van der Waals surface area contributed by atoms with E-state index in [0.717, 1.165) is 17.0 Å². The van der Waals surface area contributed by atoms with E-state index in [1.807, 2.05) is 41.8 Å². The summed E-state index contributed by atoms with van der Waals surface area (Å²) in [5.41, 5.74) is 2.78. The number of anilines is 1. The monoisotopic (exact) mass is 394 g/mol. The third-order valence-electron chi connectivity index (χ3n) is 4.02. The highest BCUT2D eigenvalue weighted by atomic mass is 32.2. The summed E-state index contributed by atoms with van der Waals surface area (Å²) in [5, 5.41) is 12.1. The van der Waals surface area contributed by atoms with Crippen molar-refractivity contribution in [1.29, 1.82) is 0 Å². The number of thioether (sulfide) groups is 1. The molecule has 0 fully saturated rings. The summed E-state index contributed by atoms with van der Waals surface area (Å²) in [6.07, 6.45) is 1.79. The van der Waals surface area contributed by atoms with Crippen LogP contribution < -0.4 is 10.1 Å². The van der Waals surface area contributed by atoms with E-state index in [2.05, 4.69) is 28.2 Å². The number of methoxy groups -OCH3 is 1. The zero-order valence-corrected chi connectivity index (χ0v) is 16.7. The fourth-order valence-electron chi connectivity index (χ4n) is 2.75. The molecule has 1 aromatic heterocycles. The highest BCUT2D eigenvalue weighted by Gasteiger charge is 2.15. The predicted molar refractivity (Wildman–Crippen MR) is 113 cm³/mol. The van der Waals surface area contributed by atoms with Gasteiger partial charge in [0.05, 0.1) is 18.6 Å². The first-order valence-corrected chi connectivity index (χ1v) is 9.77. The lowest BCUT2D eigenvalue weighted by Crippen LogP contribution is -2.15. The molecular formula is C21H22N4O2S. The zero-order valence-electron chi connectivity index (χ0n) is 15.9. The number of carbonyl (C=O) groups excluding carboxylic acids is 1. The molecule has 0 atom stereocenters. The fraction of sp³-hybridized carbons (Fsp3) is 0.190. The maximum Gasteiger partial charge on any atom is 0.234 e. The van der Waals surface area contributed by atoms with E-state index in [1.54, 1.807) is 25.3 Å². The molecular weight excluding hydrogens is 372 g/mol. The van der Waals surface area contributed by atoms with Crippen LogP contribution in [0.5, 0.6) is 5.75 Å². The van der Waals surface area contributed by atoms with Crippen molar-refractivity contribution in [1.82, 2.24) is 14.8 Å². The van der Waals surface area contributed by atoms with Gasteiger partial charge in [-0.05, 0) is 25.1 Å². The average molecular weight is 395 g/mol. The Morgan fingerprint density at radius 3 is 2.82 bits per heavy atom. The third-order valence-corrected chi connectivity index (χ3v) is 4.98. The van der Waals surface area contributed by atoms with Gasteiger partial charge in [0.1, 0.15) is 5.75 Å². The number of para-hydroxylation sites is 2. The minimum atomic E-state index is -0.139. The van der Waals surface area contributed by atoms with Crippen LogP contribution in [-0.4, -0.2) is 33.5 Å². The lowest BCUT2D eigenvalue weighted by atomic mass is 10.1. The molecule has 6 nitrogen and oxygen atoms in total. The minimum Gasteiger partial charge on any atom is -0.495 e. The lowest BCUT2D eigenvalue weighted by molar-refractivity contribution is -0.113. The number of carbonyl (C=O) groups is 1. The Morgan fingerprint density at radius 2 is 2.07 bits per heavy atom. The number of rotatable bonds is 8. The standard InChI is InChI=1S/C21H22N4O2S/c1-4-12-25-20(16-9-7-8-15(2)13-16)23-24-21(25)28-14-19(26)22-17-10-5-6-11-18(17)27-3/h4-11,13H,1,12,14H2,2-3H3,(H,22,26). The van der Waals surface area contributed by atoms with Gasteiger partial charge in [-0.15, -0.1) is 16.8 Å². The normalized spacial score (nSPS) is 10.5. The average Bonchev–Trinajstić information content (AvgIpc) is 3.10. The van der Waals surface area contributed by atoms with Gasteiger partial charge in [0.15, 0.2) is 11.0 Å². The van der Waals surface area contributed by atoms with E-state index in [1.165, 1.54) is 11.8 Å². The highest BCUT2D eigenvalue weighted by molar-refractivity contribution is 7.99. The molecule has 1 N–H and O–H groups in total. The fourth-order valence-corrected chi connectivity index (χ4v) is 3.50. The van der Waals surface area contributed by atoms with Crippen molar-refractivity contribution in [2.24, 2.45) is 0 Å². The molecule has 1 amide bonds. The first kappa shape index (κ1) is 19.7. The maximum absolute atomic E-state index is 12.4. The molecule has 2 aromatic carbocycles. The van der Waals surface area contributed by atoms with Crippen LogP contribution in [0.1, 0.15) is 5.56 Å². The second-order valence-electron chi connectivity index (χ2n) is 6.11. The molecule has 3 aromatic rings. The van der Waals surface area contributed by atoms with E-state index in [9.17, 15) is 4.79 Å². The number of aromatic nitrogens is 3. The van der Waals surface area contributed by atoms with E-state index < -0.39 is 0 Å². The summed E-state index contributed by atoms with van der Waals surface area (Å²) in [5.74, 6) is 1.45. The van der Waals surface area contributed by atoms with Gasteiger partial charge in [0.2, 0.25) is 5.91 Å². The van der Waals surface area contributed by atoms with E-state index in [-0.39, 0.29) is 11.7 Å². The Balaban J connectivity index is 1.73. The van der Waals surface area contributed by atoms with E-state index in [0.29, 0.717) is 23.1 Å². The van der Waals surface area contributed by atoms with Crippen LogP contribution >= 0.6 is 11.8 Å². The lowest BCUT2D eigenvalue weighted by Gasteiger charge is -2.10. The molecule has 0 unspecified atom stereocenters. The van der Waals surface area contributed by atoms with Crippen molar-refractivity contribution in [2.75, 3.05) is 18.2 Å². The topological polar surface area (TPSA) is 69.0 Å². The van der Waals surface area contributed by atoms with Crippen molar-refractivity contribution in [3.8, 4) is 17.1 Å². The molecule has 0 saturated heterocycles. The van der Waals surface area contributed by atoms with Gasteiger partial charge in [0.25, 0.3) is 0 Å². The van der Waals surface area contributed by atoms with E-state index >= 15 is 0 Å². The van der Waals surface area contributed by atoms with Crippen LogP contribution in [0.2, 0.25) is 0 Å². The quantitative estimate of drug-likeness (QED) is 0.458. The Hall–Kier alpha value is -3.06. The molecule has 1 heterocycles. The highest BCUT2D eigenvalue weighted by Crippen LogP contribution is 2.26. The van der Waals surface area contributed by atoms with Gasteiger partial charge in [-0.1, -0.05) is 53.7 Å². The van der Waals surface area contributed by atoms with Crippen LogP contribution in [0.25, 0.3) is 11.4 Å². The molecule has 0 aliphatic rings. The van der Waals surface area contributed by atoms with Crippen molar-refractivity contribution < 1.29 is 9.53 Å². The van der Waals surface area contributed by atoms with Crippen LogP contribution in [0.3, 0.4) is 0 Å². The number of nitrogens with zero attached hydrogens (tertiary/aromatic N) is 3. The van der Waals surface area contributed by atoms with Crippen molar-refractivity contribution in [2.45, 2.75) is 18.6 Å². The molecule has 7 heteroatoms. The first-order valence-electron chi connectivity index (χ1n) is 8.79. The van der Waals surface area contributed by atoms with Gasteiger partial charge in [-0.25, -0.2) is 0 Å². The molecule has 0 bridgehead atoms. The summed E-state index contributed by atoms with van der Waals surface area (Å²) in [6, 6.07) is 15.4. The SMILES string of the molecule is C=CCn1c(SCC(=O)Nc2ccccc2OC)nnc1-c1cccc(C)c1. The number of hydrogen-bond donors (Lipinski definition) is 1. The molecule has 0 aliphatic carbocycles. The molecule has 144 valence electrons. The van der Waals surface area contributed by atoms with Gasteiger partial charge >= 0.3 is 0 Å². The number of aryl methyl sites for hydroxylation is 1. The van der Waals surface area contributed by atoms with Crippen LogP contribution in [0.15, 0.2) is 66.3 Å². The Kier molecular flexibility index (Phi) is 6.49.